The van der Waals surface area contributed by atoms with Crippen LogP contribution in [0.15, 0.2) is 36.4 Å². The predicted octanol–water partition coefficient (Wildman–Crippen LogP) is 5.02. The van der Waals surface area contributed by atoms with Gasteiger partial charge in [0.1, 0.15) is 0 Å². The predicted molar refractivity (Wildman–Crippen MR) is 85.5 cm³/mol. The smallest absolute Gasteiger partial charge is 0.0413 e. The highest BCUT2D eigenvalue weighted by molar-refractivity contribution is 7.15. The van der Waals surface area contributed by atoms with Crippen LogP contribution in [0.3, 0.4) is 0 Å². The average molecular weight is 273 g/mol. The third-order valence-electron chi connectivity index (χ3n) is 3.45. The molecule has 0 amide bonds. The minimum atomic E-state index is 0.151. The Labute approximate surface area is 120 Å². The molecule has 2 aromatic rings. The molecule has 1 atom stereocenters. The van der Waals surface area contributed by atoms with Crippen LogP contribution in [0.2, 0.25) is 0 Å². The lowest BCUT2D eigenvalue weighted by molar-refractivity contribution is 0.521. The normalized spacial score (nSPS) is 12.9. The van der Waals surface area contributed by atoms with Gasteiger partial charge >= 0.3 is 0 Å². The maximum absolute atomic E-state index is 6.20. The molecular formula is C17H23NS. The molecule has 0 saturated heterocycles. The molecule has 0 spiro atoms. The van der Waals surface area contributed by atoms with E-state index in [-0.39, 0.29) is 6.04 Å². The Morgan fingerprint density at radius 2 is 1.74 bits per heavy atom. The van der Waals surface area contributed by atoms with Crippen LogP contribution in [0.4, 0.5) is 0 Å². The van der Waals surface area contributed by atoms with Crippen LogP contribution in [0.5, 0.6) is 0 Å². The summed E-state index contributed by atoms with van der Waals surface area (Å²) in [7, 11) is 0. The molecule has 102 valence electrons. The summed E-state index contributed by atoms with van der Waals surface area (Å²) in [6.07, 6.45) is 2.36. The van der Waals surface area contributed by atoms with E-state index >= 15 is 0 Å². The van der Waals surface area contributed by atoms with Crippen molar-refractivity contribution in [2.45, 2.75) is 39.7 Å². The second-order valence-corrected chi connectivity index (χ2v) is 6.53. The second kappa shape index (κ2) is 6.36. The number of hydrogen-bond donors (Lipinski definition) is 1. The molecule has 0 bridgehead atoms. The Morgan fingerprint density at radius 3 is 2.32 bits per heavy atom. The van der Waals surface area contributed by atoms with Gasteiger partial charge in [0.15, 0.2) is 0 Å². The highest BCUT2D eigenvalue weighted by Crippen LogP contribution is 2.33. The standard InChI is InChI=1S/C17H23NS/c1-4-5-13-6-8-14(9-7-13)15-10-11-16(19-15)17(18)12(2)3/h6-12,17H,4-5,18H2,1-3H3. The quantitative estimate of drug-likeness (QED) is 0.813. The van der Waals surface area contributed by atoms with Gasteiger partial charge in [-0.05, 0) is 35.6 Å². The van der Waals surface area contributed by atoms with E-state index in [1.807, 2.05) is 11.3 Å². The summed E-state index contributed by atoms with van der Waals surface area (Å²) in [5.41, 5.74) is 8.92. The maximum Gasteiger partial charge on any atom is 0.0413 e. The fraction of sp³-hybridized carbons (Fsp3) is 0.412. The second-order valence-electron chi connectivity index (χ2n) is 5.42. The van der Waals surface area contributed by atoms with E-state index in [9.17, 15) is 0 Å². The fourth-order valence-electron chi connectivity index (χ4n) is 2.14. The highest BCUT2D eigenvalue weighted by atomic mass is 32.1. The molecule has 19 heavy (non-hydrogen) atoms. The molecule has 0 saturated carbocycles. The summed E-state index contributed by atoms with van der Waals surface area (Å²) in [6.45, 7) is 6.56. The minimum absolute atomic E-state index is 0.151. The summed E-state index contributed by atoms with van der Waals surface area (Å²) in [6, 6.07) is 13.4. The molecule has 1 aromatic heterocycles. The molecule has 1 aromatic carbocycles. The van der Waals surface area contributed by atoms with Gasteiger partial charge in [0.25, 0.3) is 0 Å². The zero-order chi connectivity index (χ0) is 13.8. The summed E-state index contributed by atoms with van der Waals surface area (Å²) in [5.74, 6) is 0.485. The molecule has 2 N–H and O–H groups in total. The molecule has 1 unspecified atom stereocenters. The van der Waals surface area contributed by atoms with Crippen molar-refractivity contribution in [2.75, 3.05) is 0 Å². The van der Waals surface area contributed by atoms with Gasteiger partial charge in [-0.2, -0.15) is 0 Å². The highest BCUT2D eigenvalue weighted by Gasteiger charge is 2.13. The van der Waals surface area contributed by atoms with Crippen LogP contribution in [0.25, 0.3) is 10.4 Å². The minimum Gasteiger partial charge on any atom is -0.323 e. The molecule has 0 aliphatic heterocycles. The number of hydrogen-bond acceptors (Lipinski definition) is 2. The van der Waals surface area contributed by atoms with Crippen LogP contribution >= 0.6 is 11.3 Å². The first-order valence-electron chi connectivity index (χ1n) is 7.06. The van der Waals surface area contributed by atoms with Crippen LogP contribution < -0.4 is 5.73 Å². The van der Waals surface area contributed by atoms with E-state index in [4.69, 9.17) is 5.73 Å². The van der Waals surface area contributed by atoms with Crippen LogP contribution in [-0.2, 0) is 6.42 Å². The average Bonchev–Trinajstić information content (AvgIpc) is 2.88. The molecule has 2 rings (SSSR count). The molecular weight excluding hydrogens is 250 g/mol. The molecule has 1 nitrogen and oxygen atoms in total. The van der Waals surface area contributed by atoms with Crippen molar-refractivity contribution in [3.8, 4) is 10.4 Å². The first-order chi connectivity index (χ1) is 9.11. The molecule has 0 aliphatic rings. The molecule has 1 heterocycles. The lowest BCUT2D eigenvalue weighted by atomic mass is 10.0. The molecule has 2 heteroatoms. The fourth-order valence-corrected chi connectivity index (χ4v) is 3.33. The Bertz CT molecular complexity index is 510. The Balaban J connectivity index is 2.18. The van der Waals surface area contributed by atoms with Crippen LogP contribution in [0.1, 0.15) is 43.7 Å². The zero-order valence-corrected chi connectivity index (χ0v) is 12.8. The maximum atomic E-state index is 6.20. The number of benzene rings is 1. The van der Waals surface area contributed by atoms with E-state index < -0.39 is 0 Å². The molecule has 0 radical (unpaired) electrons. The van der Waals surface area contributed by atoms with Crippen molar-refractivity contribution >= 4 is 11.3 Å². The first kappa shape index (κ1) is 14.3. The third-order valence-corrected chi connectivity index (χ3v) is 4.69. The summed E-state index contributed by atoms with van der Waals surface area (Å²) in [5, 5.41) is 0. The summed E-state index contributed by atoms with van der Waals surface area (Å²) >= 11 is 1.82. The van der Waals surface area contributed by atoms with E-state index in [1.165, 1.54) is 27.3 Å². The first-order valence-corrected chi connectivity index (χ1v) is 7.88. The van der Waals surface area contributed by atoms with Crippen molar-refractivity contribution in [1.29, 1.82) is 0 Å². The van der Waals surface area contributed by atoms with E-state index in [0.29, 0.717) is 5.92 Å². The van der Waals surface area contributed by atoms with Gasteiger partial charge in [0, 0.05) is 15.8 Å². The van der Waals surface area contributed by atoms with Crippen molar-refractivity contribution in [3.63, 3.8) is 0 Å². The van der Waals surface area contributed by atoms with Gasteiger partial charge in [-0.1, -0.05) is 51.5 Å². The third kappa shape index (κ3) is 3.46. The van der Waals surface area contributed by atoms with Crippen LogP contribution in [0, 0.1) is 5.92 Å². The van der Waals surface area contributed by atoms with Crippen molar-refractivity contribution in [3.05, 3.63) is 46.8 Å². The van der Waals surface area contributed by atoms with Gasteiger partial charge in [-0.3, -0.25) is 0 Å². The summed E-state index contributed by atoms with van der Waals surface area (Å²) < 4.78 is 0. The van der Waals surface area contributed by atoms with Gasteiger partial charge in [-0.15, -0.1) is 11.3 Å². The largest absolute Gasteiger partial charge is 0.323 e. The van der Waals surface area contributed by atoms with E-state index in [2.05, 4.69) is 57.2 Å². The van der Waals surface area contributed by atoms with Gasteiger partial charge in [0.2, 0.25) is 0 Å². The molecule has 0 aliphatic carbocycles. The Hall–Kier alpha value is -1.12. The van der Waals surface area contributed by atoms with Gasteiger partial charge < -0.3 is 5.73 Å². The Morgan fingerprint density at radius 1 is 1.05 bits per heavy atom. The number of rotatable bonds is 5. The molecule has 0 fully saturated rings. The zero-order valence-electron chi connectivity index (χ0n) is 12.0. The van der Waals surface area contributed by atoms with E-state index in [1.54, 1.807) is 0 Å². The van der Waals surface area contributed by atoms with Crippen molar-refractivity contribution < 1.29 is 0 Å². The Kier molecular flexibility index (Phi) is 4.78. The number of nitrogens with two attached hydrogens (primary N) is 1. The van der Waals surface area contributed by atoms with Gasteiger partial charge in [-0.25, -0.2) is 0 Å². The lowest BCUT2D eigenvalue weighted by Gasteiger charge is -2.12. The van der Waals surface area contributed by atoms with Crippen LogP contribution in [-0.4, -0.2) is 0 Å². The topological polar surface area (TPSA) is 26.0 Å². The van der Waals surface area contributed by atoms with Crippen molar-refractivity contribution in [1.82, 2.24) is 0 Å². The number of thiophene rings is 1. The monoisotopic (exact) mass is 273 g/mol. The van der Waals surface area contributed by atoms with E-state index in [0.717, 1.165) is 6.42 Å². The lowest BCUT2D eigenvalue weighted by Crippen LogP contribution is -2.14. The SMILES string of the molecule is CCCc1ccc(-c2ccc(C(N)C(C)C)s2)cc1. The van der Waals surface area contributed by atoms with Crippen molar-refractivity contribution in [2.24, 2.45) is 11.7 Å². The number of aryl methyl sites for hydroxylation is 1. The summed E-state index contributed by atoms with van der Waals surface area (Å²) in [4.78, 5) is 2.59. The van der Waals surface area contributed by atoms with Gasteiger partial charge in [0.05, 0.1) is 0 Å².